The molecule has 0 saturated carbocycles. The minimum Gasteiger partial charge on any atom is -0.482 e. The summed E-state index contributed by atoms with van der Waals surface area (Å²) in [4.78, 5) is 58.2. The summed E-state index contributed by atoms with van der Waals surface area (Å²) in [5, 5.41) is 23.9. The molecule has 0 spiro atoms. The van der Waals surface area contributed by atoms with Gasteiger partial charge in [0.05, 0.1) is 12.6 Å². The number of ketones is 1. The first-order valence-corrected chi connectivity index (χ1v) is 10.7. The molecule has 0 radical (unpaired) electrons. The molecule has 2 aromatic carbocycles. The Kier molecular flexibility index (Phi) is 10.1. The monoisotopic (exact) mass is 498 g/mol. The summed E-state index contributed by atoms with van der Waals surface area (Å²) in [7, 11) is 0. The summed E-state index contributed by atoms with van der Waals surface area (Å²) in [5.41, 5.74) is 0.866. The van der Waals surface area contributed by atoms with Crippen LogP contribution in [0.1, 0.15) is 40.1 Å². The predicted octanol–water partition coefficient (Wildman–Crippen LogP) is 1.34. The van der Waals surface area contributed by atoms with E-state index < -0.39 is 30.6 Å². The molecule has 0 aromatic heterocycles. The number of nitrogens with one attached hydrogen (secondary N) is 4. The molecule has 0 heterocycles. The first-order chi connectivity index (χ1) is 17.1. The largest absolute Gasteiger partial charge is 0.482 e. The smallest absolute Gasteiger partial charge is 0.412 e. The number of benzene rings is 2. The van der Waals surface area contributed by atoms with E-state index in [0.717, 1.165) is 0 Å². The van der Waals surface area contributed by atoms with E-state index >= 15 is 0 Å². The number of ether oxygens (including phenoxy) is 2. The Hall–Kier alpha value is -4.74. The highest BCUT2D eigenvalue weighted by molar-refractivity contribution is 6.06. The van der Waals surface area contributed by atoms with Crippen LogP contribution >= 0.6 is 0 Å². The van der Waals surface area contributed by atoms with Crippen LogP contribution in [0.15, 0.2) is 48.5 Å². The van der Waals surface area contributed by atoms with Crippen LogP contribution in [0.2, 0.25) is 0 Å². The Morgan fingerprint density at radius 2 is 1.53 bits per heavy atom. The van der Waals surface area contributed by atoms with Gasteiger partial charge in [0.2, 0.25) is 5.91 Å². The second-order valence-electron chi connectivity index (χ2n) is 7.46. The van der Waals surface area contributed by atoms with Gasteiger partial charge in [-0.3, -0.25) is 25.1 Å². The van der Waals surface area contributed by atoms with Crippen LogP contribution in [0.4, 0.5) is 4.79 Å². The number of aliphatic carboxylic acids is 1. The fraction of sp³-hybridized carbons (Fsp3) is 0.250. The minimum atomic E-state index is -1.12. The fourth-order valence-electron chi connectivity index (χ4n) is 2.83. The average Bonchev–Trinajstić information content (AvgIpc) is 2.85. The zero-order valence-electron chi connectivity index (χ0n) is 19.6. The van der Waals surface area contributed by atoms with Crippen molar-refractivity contribution in [3.05, 3.63) is 65.2 Å². The molecule has 0 aliphatic carbocycles. The average molecular weight is 498 g/mol. The lowest BCUT2D eigenvalue weighted by atomic mass is 10.0. The van der Waals surface area contributed by atoms with Gasteiger partial charge in [-0.2, -0.15) is 0 Å². The quantitative estimate of drug-likeness (QED) is 0.133. The normalized spacial score (nSPS) is 10.9. The van der Waals surface area contributed by atoms with Crippen molar-refractivity contribution in [3.63, 3.8) is 0 Å². The molecule has 0 saturated heterocycles. The highest BCUT2D eigenvalue weighted by atomic mass is 16.5. The molecule has 0 bridgehead atoms. The van der Waals surface area contributed by atoms with Crippen molar-refractivity contribution < 1.29 is 38.6 Å². The van der Waals surface area contributed by atoms with Gasteiger partial charge in [-0.05, 0) is 43.3 Å². The SMILES string of the molecule is CC(=O)NCCOC(=O)NC(=N)c1ccc(C(=O)NC(C)C(=O)c2ccc(OCC(=O)O)cc2)cc1. The Labute approximate surface area is 206 Å². The second kappa shape index (κ2) is 13.2. The molecule has 0 aliphatic heterocycles. The first-order valence-electron chi connectivity index (χ1n) is 10.7. The van der Waals surface area contributed by atoms with E-state index in [1.54, 1.807) is 0 Å². The first kappa shape index (κ1) is 27.5. The van der Waals surface area contributed by atoms with Crippen molar-refractivity contribution in [2.24, 2.45) is 0 Å². The van der Waals surface area contributed by atoms with Gasteiger partial charge in [0.15, 0.2) is 12.4 Å². The summed E-state index contributed by atoms with van der Waals surface area (Å²) >= 11 is 0. The van der Waals surface area contributed by atoms with E-state index in [9.17, 15) is 24.0 Å². The van der Waals surface area contributed by atoms with Gasteiger partial charge in [0.25, 0.3) is 5.91 Å². The maximum absolute atomic E-state index is 12.6. The maximum atomic E-state index is 12.6. The van der Waals surface area contributed by atoms with Crippen LogP contribution < -0.4 is 20.7 Å². The number of hydrogen-bond donors (Lipinski definition) is 5. The molecule has 1 atom stereocenters. The molecule has 1 unspecified atom stereocenters. The second-order valence-corrected chi connectivity index (χ2v) is 7.46. The van der Waals surface area contributed by atoms with Gasteiger partial charge in [-0.1, -0.05) is 12.1 Å². The third-order valence-electron chi connectivity index (χ3n) is 4.61. The predicted molar refractivity (Wildman–Crippen MR) is 127 cm³/mol. The van der Waals surface area contributed by atoms with E-state index in [2.05, 4.69) is 16.0 Å². The number of carbonyl (C=O) groups excluding carboxylic acids is 4. The molecule has 12 heteroatoms. The Morgan fingerprint density at radius 1 is 0.944 bits per heavy atom. The van der Waals surface area contributed by atoms with Gasteiger partial charge in [0, 0.05) is 23.6 Å². The topological polar surface area (TPSA) is 184 Å². The number of carboxylic acid groups (broad SMARTS) is 1. The number of amides is 3. The standard InChI is InChI=1S/C24H26N4O8/c1-14(21(32)16-7-9-19(10-8-16)36-13-20(30)31)27-23(33)18-5-3-17(4-6-18)22(25)28-24(34)35-12-11-26-15(2)29/h3-10,14H,11-13H2,1-2H3,(H,26,29)(H,27,33)(H,30,31)(H2,25,28,34). The van der Waals surface area contributed by atoms with Crippen LogP contribution in [-0.4, -0.2) is 66.4 Å². The number of alkyl carbamates (subject to hydrolysis) is 1. The Balaban J connectivity index is 1.87. The van der Waals surface area contributed by atoms with E-state index in [-0.39, 0.29) is 36.2 Å². The van der Waals surface area contributed by atoms with Crippen molar-refractivity contribution in [1.29, 1.82) is 5.41 Å². The highest BCUT2D eigenvalue weighted by Crippen LogP contribution is 2.14. The lowest BCUT2D eigenvalue weighted by Crippen LogP contribution is -2.38. The molecule has 0 fully saturated rings. The Morgan fingerprint density at radius 3 is 2.11 bits per heavy atom. The third kappa shape index (κ3) is 8.89. The van der Waals surface area contributed by atoms with Crippen molar-refractivity contribution in [1.82, 2.24) is 16.0 Å². The van der Waals surface area contributed by atoms with Crippen LogP contribution in [0.3, 0.4) is 0 Å². The number of amidine groups is 1. The number of carboxylic acids is 1. The van der Waals surface area contributed by atoms with Crippen LogP contribution in [-0.2, 0) is 14.3 Å². The fourth-order valence-corrected chi connectivity index (χ4v) is 2.83. The van der Waals surface area contributed by atoms with Crippen LogP contribution in [0.5, 0.6) is 5.75 Å². The van der Waals surface area contributed by atoms with Crippen molar-refractivity contribution in [2.75, 3.05) is 19.8 Å². The van der Waals surface area contributed by atoms with E-state index in [4.69, 9.17) is 20.0 Å². The molecule has 12 nitrogen and oxygen atoms in total. The number of carbonyl (C=O) groups is 5. The van der Waals surface area contributed by atoms with Gasteiger partial charge in [0.1, 0.15) is 18.2 Å². The summed E-state index contributed by atoms with van der Waals surface area (Å²) < 4.78 is 9.87. The molecule has 190 valence electrons. The van der Waals surface area contributed by atoms with Gasteiger partial charge in [-0.25, -0.2) is 9.59 Å². The molecule has 3 amide bonds. The molecule has 5 N–H and O–H groups in total. The van der Waals surface area contributed by atoms with E-state index in [1.807, 2.05) is 0 Å². The van der Waals surface area contributed by atoms with Crippen LogP contribution in [0, 0.1) is 5.41 Å². The molecule has 0 aliphatic rings. The summed E-state index contributed by atoms with van der Waals surface area (Å²) in [6, 6.07) is 10.8. The third-order valence-corrected chi connectivity index (χ3v) is 4.61. The molecular weight excluding hydrogens is 472 g/mol. The Bertz CT molecular complexity index is 1130. The maximum Gasteiger partial charge on any atom is 0.412 e. The minimum absolute atomic E-state index is 0.0582. The highest BCUT2D eigenvalue weighted by Gasteiger charge is 2.19. The van der Waals surface area contributed by atoms with Crippen molar-refractivity contribution >= 4 is 35.5 Å². The molecule has 2 rings (SSSR count). The molecule has 36 heavy (non-hydrogen) atoms. The lowest BCUT2D eigenvalue weighted by molar-refractivity contribution is -0.139. The van der Waals surface area contributed by atoms with Crippen LogP contribution in [0.25, 0.3) is 0 Å². The zero-order valence-corrected chi connectivity index (χ0v) is 19.6. The van der Waals surface area contributed by atoms with Gasteiger partial charge in [-0.15, -0.1) is 0 Å². The summed E-state index contributed by atoms with van der Waals surface area (Å²) in [6.07, 6.45) is -0.860. The molecule has 2 aromatic rings. The number of Topliss-reactive ketones (excluding diaryl/α,β-unsaturated/α-hetero) is 1. The zero-order chi connectivity index (χ0) is 26.7. The van der Waals surface area contributed by atoms with Gasteiger partial charge < -0.3 is 25.2 Å². The lowest BCUT2D eigenvalue weighted by Gasteiger charge is -2.14. The van der Waals surface area contributed by atoms with E-state index in [0.29, 0.717) is 16.9 Å². The van der Waals surface area contributed by atoms with Crippen molar-refractivity contribution in [2.45, 2.75) is 19.9 Å². The summed E-state index contributed by atoms with van der Waals surface area (Å²) in [5.74, 6) is -2.19. The number of rotatable bonds is 11. The van der Waals surface area contributed by atoms with E-state index in [1.165, 1.54) is 62.4 Å². The van der Waals surface area contributed by atoms with Crippen molar-refractivity contribution in [3.8, 4) is 5.75 Å². The summed E-state index contributed by atoms with van der Waals surface area (Å²) in [6.45, 7) is 2.45. The number of hydrogen-bond acceptors (Lipinski definition) is 8. The van der Waals surface area contributed by atoms with Gasteiger partial charge >= 0.3 is 12.1 Å². The molecular formula is C24H26N4O8.